The monoisotopic (exact) mass is 386 g/mol. The highest BCUT2D eigenvalue weighted by Gasteiger charge is 2.33. The Morgan fingerprint density at radius 3 is 2.70 bits per heavy atom. The first kappa shape index (κ1) is 18.0. The van der Waals surface area contributed by atoms with Crippen LogP contribution in [0.15, 0.2) is 42.2 Å². The summed E-state index contributed by atoms with van der Waals surface area (Å²) in [5, 5.41) is 11.0. The molecule has 0 radical (unpaired) electrons. The van der Waals surface area contributed by atoms with Crippen molar-refractivity contribution < 1.29 is 24.4 Å². The van der Waals surface area contributed by atoms with Crippen LogP contribution in [0.2, 0.25) is 5.02 Å². The zero-order chi connectivity index (χ0) is 19.0. The Labute approximate surface area is 163 Å². The standard InChI is InChI=1S/C21H21ClN2O3/c1-23-7-9-24(10-8-23)13-17-18(25)6-5-16-20(26)19(27-21(16)17)12-14-3-2-4-15(22)11-14/h2-6,11-12,25H,7-10,13H2,1H3/p+2/b19-12+. The summed E-state index contributed by atoms with van der Waals surface area (Å²) in [7, 11) is 2.20. The molecule has 2 aromatic carbocycles. The van der Waals surface area contributed by atoms with E-state index in [0.717, 1.165) is 31.7 Å². The zero-order valence-electron chi connectivity index (χ0n) is 15.2. The minimum Gasteiger partial charge on any atom is -0.507 e. The van der Waals surface area contributed by atoms with E-state index in [4.69, 9.17) is 16.3 Å². The summed E-state index contributed by atoms with van der Waals surface area (Å²) >= 11 is 6.03. The number of aromatic hydroxyl groups is 1. The van der Waals surface area contributed by atoms with Crippen molar-refractivity contribution in [1.29, 1.82) is 0 Å². The summed E-state index contributed by atoms with van der Waals surface area (Å²) in [6.07, 6.45) is 1.70. The first-order valence-corrected chi connectivity index (χ1v) is 9.58. The molecular weight excluding hydrogens is 364 g/mol. The molecule has 0 saturated carbocycles. The van der Waals surface area contributed by atoms with Crippen molar-refractivity contribution in [3.05, 3.63) is 63.9 Å². The highest BCUT2D eigenvalue weighted by Crippen LogP contribution is 2.39. The average molecular weight is 387 g/mol. The van der Waals surface area contributed by atoms with Gasteiger partial charge in [0.2, 0.25) is 5.78 Å². The third kappa shape index (κ3) is 3.72. The third-order valence-corrected chi connectivity index (χ3v) is 5.54. The van der Waals surface area contributed by atoms with Crippen LogP contribution in [0.25, 0.3) is 6.08 Å². The molecule has 2 aromatic rings. The van der Waals surface area contributed by atoms with Crippen molar-refractivity contribution in [2.45, 2.75) is 6.54 Å². The van der Waals surface area contributed by atoms with Gasteiger partial charge in [0, 0.05) is 5.02 Å². The maximum Gasteiger partial charge on any atom is 0.231 e. The van der Waals surface area contributed by atoms with E-state index >= 15 is 0 Å². The number of benzene rings is 2. The van der Waals surface area contributed by atoms with Crippen LogP contribution in [0.1, 0.15) is 21.5 Å². The lowest BCUT2D eigenvalue weighted by atomic mass is 10.0. The number of quaternary nitrogens is 2. The Bertz CT molecular complexity index is 918. The third-order valence-electron chi connectivity index (χ3n) is 5.30. The van der Waals surface area contributed by atoms with E-state index < -0.39 is 0 Å². The number of ketones is 1. The van der Waals surface area contributed by atoms with Crippen LogP contribution in [-0.2, 0) is 6.54 Å². The minimum absolute atomic E-state index is 0.163. The molecule has 1 fully saturated rings. The highest BCUT2D eigenvalue weighted by atomic mass is 35.5. The summed E-state index contributed by atoms with van der Waals surface area (Å²) in [4.78, 5) is 15.7. The molecule has 1 saturated heterocycles. The van der Waals surface area contributed by atoms with Gasteiger partial charge in [-0.25, -0.2) is 0 Å². The van der Waals surface area contributed by atoms with Crippen LogP contribution in [0.3, 0.4) is 0 Å². The van der Waals surface area contributed by atoms with Gasteiger partial charge in [-0.1, -0.05) is 23.7 Å². The van der Waals surface area contributed by atoms with Gasteiger partial charge in [0.1, 0.15) is 38.5 Å². The predicted octanol–water partition coefficient (Wildman–Crippen LogP) is 0.575. The van der Waals surface area contributed by atoms with E-state index in [1.165, 1.54) is 9.80 Å². The number of likely N-dealkylation sites (N-methyl/N-ethyl adjacent to an activating group) is 1. The molecule has 0 aromatic heterocycles. The molecule has 27 heavy (non-hydrogen) atoms. The smallest absolute Gasteiger partial charge is 0.231 e. The zero-order valence-corrected chi connectivity index (χ0v) is 16.0. The topological polar surface area (TPSA) is 55.4 Å². The molecule has 0 spiro atoms. The number of phenolic OH excluding ortho intramolecular Hbond substituents is 1. The first-order chi connectivity index (χ1) is 13.0. The number of phenols is 1. The quantitative estimate of drug-likeness (QED) is 0.676. The highest BCUT2D eigenvalue weighted by molar-refractivity contribution is 6.30. The van der Waals surface area contributed by atoms with Crippen molar-refractivity contribution in [2.75, 3.05) is 33.2 Å². The van der Waals surface area contributed by atoms with Crippen molar-refractivity contribution in [3.63, 3.8) is 0 Å². The number of allylic oxidation sites excluding steroid dienone is 1. The molecular formula is C21H23ClN2O3+2. The number of carbonyl (C=O) groups excluding carboxylic acids is 1. The van der Waals surface area contributed by atoms with Gasteiger partial charge in [0.25, 0.3) is 0 Å². The Morgan fingerprint density at radius 1 is 1.19 bits per heavy atom. The van der Waals surface area contributed by atoms with E-state index in [0.29, 0.717) is 28.4 Å². The van der Waals surface area contributed by atoms with Crippen LogP contribution < -0.4 is 14.5 Å². The molecule has 0 atom stereocenters. The van der Waals surface area contributed by atoms with Crippen LogP contribution in [-0.4, -0.2) is 44.1 Å². The van der Waals surface area contributed by atoms with E-state index in [2.05, 4.69) is 7.05 Å². The van der Waals surface area contributed by atoms with E-state index in [1.54, 1.807) is 30.3 Å². The Hall–Kier alpha value is -2.34. The lowest BCUT2D eigenvalue weighted by Gasteiger charge is -2.27. The van der Waals surface area contributed by atoms with Crippen molar-refractivity contribution in [2.24, 2.45) is 0 Å². The maximum absolute atomic E-state index is 12.8. The Kier molecular flexibility index (Phi) is 4.91. The van der Waals surface area contributed by atoms with E-state index in [-0.39, 0.29) is 17.3 Å². The van der Waals surface area contributed by atoms with Crippen LogP contribution in [0, 0.1) is 0 Å². The van der Waals surface area contributed by atoms with Gasteiger partial charge in [0.15, 0.2) is 11.5 Å². The fraction of sp³-hybridized carbons (Fsp3) is 0.286. The largest absolute Gasteiger partial charge is 0.507 e. The lowest BCUT2D eigenvalue weighted by Crippen LogP contribution is -3.26. The maximum atomic E-state index is 12.8. The summed E-state index contributed by atoms with van der Waals surface area (Å²) < 4.78 is 5.93. The van der Waals surface area contributed by atoms with E-state index in [1.807, 2.05) is 12.1 Å². The van der Waals surface area contributed by atoms with Crippen molar-refractivity contribution in [3.8, 4) is 11.5 Å². The number of nitrogens with one attached hydrogen (secondary N) is 2. The molecule has 2 aliphatic heterocycles. The van der Waals surface area contributed by atoms with Gasteiger partial charge in [0.05, 0.1) is 18.2 Å². The normalized spacial score (nSPS) is 23.3. The fourth-order valence-corrected chi connectivity index (χ4v) is 3.87. The number of rotatable bonds is 3. The molecule has 0 amide bonds. The molecule has 0 unspecified atom stereocenters. The molecule has 2 heterocycles. The molecule has 140 valence electrons. The summed E-state index contributed by atoms with van der Waals surface area (Å²) in [5.41, 5.74) is 2.03. The molecule has 0 aliphatic carbocycles. The molecule has 3 N–H and O–H groups in total. The molecule has 5 nitrogen and oxygen atoms in total. The second kappa shape index (κ2) is 7.35. The van der Waals surface area contributed by atoms with Crippen LogP contribution in [0.4, 0.5) is 0 Å². The number of halogens is 1. The molecule has 2 aliphatic rings. The number of hydrogen-bond acceptors (Lipinski definition) is 3. The minimum atomic E-state index is -0.163. The molecule has 6 heteroatoms. The second-order valence-electron chi connectivity index (χ2n) is 7.32. The first-order valence-electron chi connectivity index (χ1n) is 9.21. The second-order valence-corrected chi connectivity index (χ2v) is 7.76. The SMILES string of the molecule is C[NH+]1CC[NH+](Cc2c(O)ccc3c2O/C(=C/c2cccc(Cl)c2)C3=O)CC1. The predicted molar refractivity (Wildman–Crippen MR) is 104 cm³/mol. The number of ether oxygens (including phenoxy) is 1. The number of carbonyl (C=O) groups is 1. The summed E-state index contributed by atoms with van der Waals surface area (Å²) in [6, 6.07) is 10.5. The van der Waals surface area contributed by atoms with Gasteiger partial charge in [-0.2, -0.15) is 0 Å². The Balaban J connectivity index is 1.63. The fourth-order valence-electron chi connectivity index (χ4n) is 3.67. The van der Waals surface area contributed by atoms with Gasteiger partial charge in [-0.3, -0.25) is 4.79 Å². The number of hydrogen-bond donors (Lipinski definition) is 3. The summed E-state index contributed by atoms with van der Waals surface area (Å²) in [5.74, 6) is 0.775. The van der Waals surface area contributed by atoms with Crippen molar-refractivity contribution >= 4 is 23.5 Å². The van der Waals surface area contributed by atoms with Gasteiger partial charge >= 0.3 is 0 Å². The molecule has 4 rings (SSSR count). The summed E-state index contributed by atoms with van der Waals surface area (Å²) in [6.45, 7) is 4.93. The van der Waals surface area contributed by atoms with Gasteiger partial charge in [-0.05, 0) is 35.9 Å². The van der Waals surface area contributed by atoms with E-state index in [9.17, 15) is 9.90 Å². The van der Waals surface area contributed by atoms with Crippen molar-refractivity contribution in [1.82, 2.24) is 0 Å². The van der Waals surface area contributed by atoms with Gasteiger partial charge < -0.3 is 19.6 Å². The van der Waals surface area contributed by atoms with Crippen LogP contribution in [0.5, 0.6) is 11.5 Å². The van der Waals surface area contributed by atoms with Crippen LogP contribution >= 0.6 is 11.6 Å². The Morgan fingerprint density at radius 2 is 1.96 bits per heavy atom. The lowest BCUT2D eigenvalue weighted by molar-refractivity contribution is -1.01. The molecule has 0 bridgehead atoms. The number of Topliss-reactive ketones (excluding diaryl/α,β-unsaturated/α-hetero) is 1. The average Bonchev–Trinajstić information content (AvgIpc) is 2.95. The van der Waals surface area contributed by atoms with Gasteiger partial charge in [-0.15, -0.1) is 0 Å². The number of fused-ring (bicyclic) bond motifs is 1. The number of piperazine rings is 1.